The van der Waals surface area contributed by atoms with E-state index in [0.717, 1.165) is 5.56 Å². The van der Waals surface area contributed by atoms with Gasteiger partial charge in [-0.25, -0.2) is 4.79 Å². The molecule has 6 heteroatoms. The number of carbonyl (C=O) groups is 2. The van der Waals surface area contributed by atoms with Crippen molar-refractivity contribution in [3.63, 3.8) is 0 Å². The van der Waals surface area contributed by atoms with E-state index in [4.69, 9.17) is 4.74 Å². The first kappa shape index (κ1) is 14.1. The zero-order valence-corrected chi connectivity index (χ0v) is 11.6. The molecule has 0 aliphatic heterocycles. The van der Waals surface area contributed by atoms with Crippen LogP contribution in [-0.2, 0) is 16.0 Å². The number of rotatable bonds is 4. The van der Waals surface area contributed by atoms with Crippen LogP contribution in [0.25, 0.3) is 0 Å². The standard InChI is InChI=1S/C14H13NO4S/c1-18-14(17)19-12-9-20-8-11(12)15-13(16)7-10-5-3-2-4-6-10/h2-6,8-9H,7H2,1H3,(H,15,16). The van der Waals surface area contributed by atoms with Crippen molar-refractivity contribution in [2.24, 2.45) is 0 Å². The number of hydrogen-bond acceptors (Lipinski definition) is 5. The van der Waals surface area contributed by atoms with Crippen LogP contribution in [-0.4, -0.2) is 19.2 Å². The van der Waals surface area contributed by atoms with E-state index in [0.29, 0.717) is 5.69 Å². The Morgan fingerprint density at radius 1 is 1.20 bits per heavy atom. The Hall–Kier alpha value is -2.34. The summed E-state index contributed by atoms with van der Waals surface area (Å²) in [6, 6.07) is 9.39. The largest absolute Gasteiger partial charge is 0.513 e. The minimum atomic E-state index is -0.818. The molecule has 0 saturated carbocycles. The van der Waals surface area contributed by atoms with Gasteiger partial charge < -0.3 is 14.8 Å². The minimum absolute atomic E-state index is 0.177. The maximum Gasteiger partial charge on any atom is 0.513 e. The zero-order valence-electron chi connectivity index (χ0n) is 10.8. The highest BCUT2D eigenvalue weighted by Crippen LogP contribution is 2.29. The van der Waals surface area contributed by atoms with Crippen molar-refractivity contribution in [1.82, 2.24) is 0 Å². The first-order chi connectivity index (χ1) is 9.69. The van der Waals surface area contributed by atoms with Gasteiger partial charge in [0, 0.05) is 10.8 Å². The average molecular weight is 291 g/mol. The second-order valence-corrected chi connectivity index (χ2v) is 4.66. The van der Waals surface area contributed by atoms with Gasteiger partial charge in [-0.15, -0.1) is 11.3 Å². The van der Waals surface area contributed by atoms with E-state index in [1.807, 2.05) is 30.3 Å². The monoisotopic (exact) mass is 291 g/mol. The molecule has 0 unspecified atom stereocenters. The van der Waals surface area contributed by atoms with Crippen LogP contribution in [0.5, 0.6) is 5.75 Å². The van der Waals surface area contributed by atoms with Crippen LogP contribution in [0.15, 0.2) is 41.1 Å². The summed E-state index contributed by atoms with van der Waals surface area (Å²) in [5.41, 5.74) is 1.37. The van der Waals surface area contributed by atoms with Crippen molar-refractivity contribution in [2.75, 3.05) is 12.4 Å². The van der Waals surface area contributed by atoms with E-state index in [1.165, 1.54) is 18.4 Å². The van der Waals surface area contributed by atoms with Gasteiger partial charge in [0.25, 0.3) is 0 Å². The Morgan fingerprint density at radius 2 is 1.95 bits per heavy atom. The molecule has 1 aromatic heterocycles. The lowest BCUT2D eigenvalue weighted by molar-refractivity contribution is -0.115. The van der Waals surface area contributed by atoms with Gasteiger partial charge in [-0.3, -0.25) is 4.79 Å². The summed E-state index contributed by atoms with van der Waals surface area (Å²) in [6.45, 7) is 0. The molecule has 5 nitrogen and oxygen atoms in total. The molecule has 0 aliphatic carbocycles. The van der Waals surface area contributed by atoms with Crippen LogP contribution in [0.4, 0.5) is 10.5 Å². The topological polar surface area (TPSA) is 64.6 Å². The summed E-state index contributed by atoms with van der Waals surface area (Å²) in [6.07, 6.45) is -0.559. The lowest BCUT2D eigenvalue weighted by Gasteiger charge is -2.06. The fourth-order valence-electron chi connectivity index (χ4n) is 1.56. The SMILES string of the molecule is COC(=O)Oc1cscc1NC(=O)Cc1ccccc1. The molecule has 0 radical (unpaired) electrons. The van der Waals surface area contributed by atoms with Crippen molar-refractivity contribution in [3.8, 4) is 5.75 Å². The smallest absolute Gasteiger partial charge is 0.437 e. The number of nitrogens with one attached hydrogen (secondary N) is 1. The van der Waals surface area contributed by atoms with Crippen molar-refractivity contribution >= 4 is 29.1 Å². The highest BCUT2D eigenvalue weighted by Gasteiger charge is 2.13. The molecule has 0 bridgehead atoms. The van der Waals surface area contributed by atoms with E-state index < -0.39 is 6.16 Å². The van der Waals surface area contributed by atoms with Gasteiger partial charge in [0.1, 0.15) is 0 Å². The number of thiophene rings is 1. The Balaban J connectivity index is 1.98. The van der Waals surface area contributed by atoms with Crippen molar-refractivity contribution < 1.29 is 19.1 Å². The Kier molecular flexibility index (Phi) is 4.73. The predicted molar refractivity (Wildman–Crippen MR) is 76.1 cm³/mol. The Morgan fingerprint density at radius 3 is 2.65 bits per heavy atom. The Labute approximate surface area is 120 Å². The number of benzene rings is 1. The molecule has 0 atom stereocenters. The number of amides is 1. The molecule has 2 rings (SSSR count). The Bertz CT molecular complexity index is 594. The molecule has 1 aromatic carbocycles. The van der Waals surface area contributed by atoms with E-state index in [-0.39, 0.29) is 18.1 Å². The first-order valence-electron chi connectivity index (χ1n) is 5.85. The fraction of sp³-hybridized carbons (Fsp3) is 0.143. The molecule has 2 aromatic rings. The third-order valence-electron chi connectivity index (χ3n) is 2.47. The van der Waals surface area contributed by atoms with E-state index in [1.54, 1.807) is 10.8 Å². The van der Waals surface area contributed by atoms with Crippen molar-refractivity contribution in [3.05, 3.63) is 46.7 Å². The lowest BCUT2D eigenvalue weighted by Crippen LogP contribution is -2.15. The maximum absolute atomic E-state index is 11.9. The molecular formula is C14H13NO4S. The number of anilines is 1. The first-order valence-corrected chi connectivity index (χ1v) is 6.79. The van der Waals surface area contributed by atoms with Gasteiger partial charge in [-0.1, -0.05) is 30.3 Å². The van der Waals surface area contributed by atoms with Crippen LogP contribution in [0.1, 0.15) is 5.56 Å². The second kappa shape index (κ2) is 6.72. The summed E-state index contributed by atoms with van der Waals surface area (Å²) in [5.74, 6) is 0.104. The van der Waals surface area contributed by atoms with E-state index in [9.17, 15) is 9.59 Å². The molecule has 0 aliphatic rings. The number of hydrogen-bond donors (Lipinski definition) is 1. The highest BCUT2D eigenvalue weighted by atomic mass is 32.1. The van der Waals surface area contributed by atoms with Crippen molar-refractivity contribution in [1.29, 1.82) is 0 Å². The van der Waals surface area contributed by atoms with Gasteiger partial charge in [0.05, 0.1) is 19.2 Å². The van der Waals surface area contributed by atoms with Crippen LogP contribution in [0, 0.1) is 0 Å². The molecule has 104 valence electrons. The summed E-state index contributed by atoms with van der Waals surface area (Å²) in [5, 5.41) is 6.02. The predicted octanol–water partition coefficient (Wildman–Crippen LogP) is 3.07. The summed E-state index contributed by atoms with van der Waals surface area (Å²) in [4.78, 5) is 23.0. The number of carbonyl (C=O) groups excluding carboxylic acids is 2. The average Bonchev–Trinajstić information content (AvgIpc) is 2.86. The van der Waals surface area contributed by atoms with Gasteiger partial charge in [-0.2, -0.15) is 0 Å². The molecule has 1 amide bonds. The van der Waals surface area contributed by atoms with Crippen LogP contribution in [0.2, 0.25) is 0 Å². The third kappa shape index (κ3) is 3.83. The van der Waals surface area contributed by atoms with Gasteiger partial charge in [0.15, 0.2) is 5.75 Å². The van der Waals surface area contributed by atoms with Crippen LogP contribution in [0.3, 0.4) is 0 Å². The molecular weight excluding hydrogens is 278 g/mol. The van der Waals surface area contributed by atoms with Gasteiger partial charge in [-0.05, 0) is 5.56 Å². The number of methoxy groups -OCH3 is 1. The zero-order chi connectivity index (χ0) is 14.4. The molecule has 0 saturated heterocycles. The lowest BCUT2D eigenvalue weighted by atomic mass is 10.1. The van der Waals surface area contributed by atoms with Crippen LogP contribution < -0.4 is 10.1 Å². The second-order valence-electron chi connectivity index (χ2n) is 3.92. The molecule has 0 fully saturated rings. The fourth-order valence-corrected chi connectivity index (χ4v) is 2.24. The van der Waals surface area contributed by atoms with Crippen molar-refractivity contribution in [2.45, 2.75) is 6.42 Å². The summed E-state index contributed by atoms with van der Waals surface area (Å²) < 4.78 is 9.33. The third-order valence-corrected chi connectivity index (χ3v) is 3.19. The molecule has 0 spiro atoms. The van der Waals surface area contributed by atoms with Gasteiger partial charge in [0.2, 0.25) is 5.91 Å². The quantitative estimate of drug-likeness (QED) is 0.879. The molecule has 20 heavy (non-hydrogen) atoms. The normalized spacial score (nSPS) is 9.85. The van der Waals surface area contributed by atoms with Gasteiger partial charge >= 0.3 is 6.16 Å². The minimum Gasteiger partial charge on any atom is -0.437 e. The molecule has 1 heterocycles. The summed E-state index contributed by atoms with van der Waals surface area (Å²) >= 11 is 1.32. The van der Waals surface area contributed by atoms with E-state index >= 15 is 0 Å². The van der Waals surface area contributed by atoms with Crippen LogP contribution >= 0.6 is 11.3 Å². The number of ether oxygens (including phenoxy) is 2. The summed E-state index contributed by atoms with van der Waals surface area (Å²) in [7, 11) is 1.22. The highest BCUT2D eigenvalue weighted by molar-refractivity contribution is 7.08. The maximum atomic E-state index is 11.9. The molecule has 1 N–H and O–H groups in total. The van der Waals surface area contributed by atoms with E-state index in [2.05, 4.69) is 10.1 Å².